The van der Waals surface area contributed by atoms with Gasteiger partial charge in [-0.2, -0.15) is 0 Å². The zero-order valence-electron chi connectivity index (χ0n) is 16.3. The number of carbonyl (C=O) groups excluding carboxylic acids is 2. The average Bonchev–Trinajstić information content (AvgIpc) is 2.72. The topological polar surface area (TPSA) is 64.6 Å². The Morgan fingerprint density at radius 2 is 1.76 bits per heavy atom. The first-order valence-corrected chi connectivity index (χ1v) is 9.54. The van der Waals surface area contributed by atoms with Gasteiger partial charge in [-0.3, -0.25) is 9.59 Å². The molecule has 0 bridgehead atoms. The molecule has 2 aromatic rings. The van der Waals surface area contributed by atoms with E-state index in [2.05, 4.69) is 5.32 Å². The average molecular weight is 395 g/mol. The molecule has 1 amide bonds. The number of rotatable bonds is 4. The zero-order valence-corrected chi connectivity index (χ0v) is 16.3. The van der Waals surface area contributed by atoms with Gasteiger partial charge in [0.25, 0.3) is 0 Å². The van der Waals surface area contributed by atoms with E-state index in [0.29, 0.717) is 34.8 Å². The summed E-state index contributed by atoms with van der Waals surface area (Å²) in [5, 5.41) is 2.86. The molecule has 1 aliphatic heterocycles. The van der Waals surface area contributed by atoms with E-state index in [4.69, 9.17) is 9.47 Å². The van der Waals surface area contributed by atoms with Gasteiger partial charge in [0.2, 0.25) is 5.91 Å². The van der Waals surface area contributed by atoms with Gasteiger partial charge in [-0.25, -0.2) is 4.39 Å². The van der Waals surface area contributed by atoms with Gasteiger partial charge in [-0.05, 0) is 36.2 Å². The highest BCUT2D eigenvalue weighted by atomic mass is 19.1. The Balaban J connectivity index is 1.75. The van der Waals surface area contributed by atoms with Crippen molar-refractivity contribution in [1.82, 2.24) is 5.32 Å². The van der Waals surface area contributed by atoms with E-state index in [0.717, 1.165) is 5.56 Å². The van der Waals surface area contributed by atoms with Crippen molar-refractivity contribution in [2.75, 3.05) is 14.2 Å². The van der Waals surface area contributed by atoms with E-state index in [9.17, 15) is 14.0 Å². The van der Waals surface area contributed by atoms with Crippen LogP contribution in [0, 0.1) is 5.82 Å². The molecule has 2 atom stereocenters. The minimum Gasteiger partial charge on any atom is -0.497 e. The highest BCUT2D eigenvalue weighted by Gasteiger charge is 2.39. The molecule has 29 heavy (non-hydrogen) atoms. The Kier molecular flexibility index (Phi) is 5.09. The van der Waals surface area contributed by atoms with Crippen molar-refractivity contribution in [2.45, 2.75) is 31.1 Å². The predicted molar refractivity (Wildman–Crippen MR) is 105 cm³/mol. The van der Waals surface area contributed by atoms with Crippen molar-refractivity contribution in [3.63, 3.8) is 0 Å². The van der Waals surface area contributed by atoms with E-state index in [1.807, 2.05) is 12.1 Å². The van der Waals surface area contributed by atoms with Crippen LogP contribution in [-0.2, 0) is 9.59 Å². The lowest BCUT2D eigenvalue weighted by Crippen LogP contribution is -2.38. The number of nitrogens with one attached hydrogen (secondary N) is 1. The van der Waals surface area contributed by atoms with E-state index in [1.54, 1.807) is 38.5 Å². The summed E-state index contributed by atoms with van der Waals surface area (Å²) in [5.74, 6) is -0.0576. The monoisotopic (exact) mass is 395 g/mol. The predicted octanol–water partition coefficient (Wildman–Crippen LogP) is 3.85. The van der Waals surface area contributed by atoms with Gasteiger partial charge in [0.15, 0.2) is 5.78 Å². The van der Waals surface area contributed by atoms with Crippen LogP contribution in [0.5, 0.6) is 11.5 Å². The number of methoxy groups -OCH3 is 2. The van der Waals surface area contributed by atoms with Crippen molar-refractivity contribution < 1.29 is 23.5 Å². The molecular weight excluding hydrogens is 373 g/mol. The van der Waals surface area contributed by atoms with E-state index in [1.165, 1.54) is 6.07 Å². The third-order valence-electron chi connectivity index (χ3n) is 5.69. The van der Waals surface area contributed by atoms with Crippen molar-refractivity contribution >= 4 is 11.7 Å². The summed E-state index contributed by atoms with van der Waals surface area (Å²) in [6, 6.07) is 11.8. The van der Waals surface area contributed by atoms with Gasteiger partial charge in [0, 0.05) is 41.5 Å². The lowest BCUT2D eigenvalue weighted by atomic mass is 9.73. The molecule has 0 saturated carbocycles. The number of benzene rings is 2. The highest BCUT2D eigenvalue weighted by Crippen LogP contribution is 2.45. The molecule has 1 N–H and O–H groups in total. The SMILES string of the molecule is COc1ccc(OC)c([C@H]2CC(=O)C3=C(C2)NC(=O)C[C@@H]3c2ccccc2F)c1. The summed E-state index contributed by atoms with van der Waals surface area (Å²) in [5.41, 5.74) is 2.35. The Morgan fingerprint density at radius 3 is 2.48 bits per heavy atom. The molecule has 6 heteroatoms. The molecule has 4 rings (SSSR count). The fraction of sp³-hybridized carbons (Fsp3) is 0.304. The maximum atomic E-state index is 14.4. The highest BCUT2D eigenvalue weighted by molar-refractivity contribution is 6.02. The Labute approximate surface area is 168 Å². The number of halogens is 1. The molecule has 0 aromatic heterocycles. The van der Waals surface area contributed by atoms with E-state index in [-0.39, 0.29) is 30.4 Å². The van der Waals surface area contributed by atoms with Crippen molar-refractivity contribution in [3.8, 4) is 11.5 Å². The standard InChI is InChI=1S/C23H22FNO4/c1-28-14-7-8-21(29-2)16(11-14)13-9-19-23(20(26)10-13)17(12-22(27)25-19)15-5-3-4-6-18(15)24/h3-8,11,13,17H,9-10,12H2,1-2H3,(H,25,27)/t13-,17-/m1/s1. The number of Topliss-reactive ketones (excluding diaryl/α,β-unsaturated/α-hetero) is 1. The quantitative estimate of drug-likeness (QED) is 0.854. The van der Waals surface area contributed by atoms with E-state index >= 15 is 0 Å². The lowest BCUT2D eigenvalue weighted by molar-refractivity contribution is -0.122. The van der Waals surface area contributed by atoms with Gasteiger partial charge in [-0.1, -0.05) is 18.2 Å². The molecule has 0 spiro atoms. The zero-order chi connectivity index (χ0) is 20.5. The molecule has 5 nitrogen and oxygen atoms in total. The third-order valence-corrected chi connectivity index (χ3v) is 5.69. The molecule has 2 aromatic carbocycles. The van der Waals surface area contributed by atoms with Crippen molar-refractivity contribution in [1.29, 1.82) is 0 Å². The van der Waals surface area contributed by atoms with Crippen LogP contribution in [0.2, 0.25) is 0 Å². The number of ketones is 1. The van der Waals surface area contributed by atoms with Gasteiger partial charge in [-0.15, -0.1) is 0 Å². The molecule has 0 saturated heterocycles. The third kappa shape index (κ3) is 3.50. The van der Waals surface area contributed by atoms with Gasteiger partial charge < -0.3 is 14.8 Å². The molecule has 1 aliphatic carbocycles. The van der Waals surface area contributed by atoms with Crippen LogP contribution in [0.3, 0.4) is 0 Å². The number of ether oxygens (including phenoxy) is 2. The lowest BCUT2D eigenvalue weighted by Gasteiger charge is -2.35. The van der Waals surface area contributed by atoms with Crippen LogP contribution < -0.4 is 14.8 Å². The molecule has 0 fully saturated rings. The first-order chi connectivity index (χ1) is 14.0. The van der Waals surface area contributed by atoms with Gasteiger partial charge in [0.05, 0.1) is 14.2 Å². The Morgan fingerprint density at radius 1 is 0.966 bits per heavy atom. The molecular formula is C23H22FNO4. The first-order valence-electron chi connectivity index (χ1n) is 9.54. The minimum atomic E-state index is -0.555. The summed E-state index contributed by atoms with van der Waals surface area (Å²) >= 11 is 0. The summed E-state index contributed by atoms with van der Waals surface area (Å²) in [7, 11) is 3.16. The van der Waals surface area contributed by atoms with Gasteiger partial charge in [0.1, 0.15) is 17.3 Å². The van der Waals surface area contributed by atoms with Crippen molar-refractivity contribution in [3.05, 3.63) is 70.7 Å². The molecule has 150 valence electrons. The van der Waals surface area contributed by atoms with Crippen LogP contribution in [-0.4, -0.2) is 25.9 Å². The smallest absolute Gasteiger partial charge is 0.225 e. The second-order valence-corrected chi connectivity index (χ2v) is 7.35. The summed E-state index contributed by atoms with van der Waals surface area (Å²) in [6.45, 7) is 0. The van der Waals surface area contributed by atoms with Crippen LogP contribution in [0.25, 0.3) is 0 Å². The second kappa shape index (κ2) is 7.70. The Bertz CT molecular complexity index is 1010. The number of hydrogen-bond donors (Lipinski definition) is 1. The molecule has 0 radical (unpaired) electrons. The maximum absolute atomic E-state index is 14.4. The second-order valence-electron chi connectivity index (χ2n) is 7.35. The van der Waals surface area contributed by atoms with E-state index < -0.39 is 11.7 Å². The molecule has 2 aliphatic rings. The number of amides is 1. The normalized spacial score (nSPS) is 21.5. The number of carbonyl (C=O) groups is 2. The summed E-state index contributed by atoms with van der Waals surface area (Å²) < 4.78 is 25.2. The molecule has 1 heterocycles. The van der Waals surface area contributed by atoms with Crippen molar-refractivity contribution in [2.24, 2.45) is 0 Å². The van der Waals surface area contributed by atoms with Crippen LogP contribution in [0.1, 0.15) is 42.2 Å². The maximum Gasteiger partial charge on any atom is 0.225 e. The number of hydrogen-bond acceptors (Lipinski definition) is 4. The summed E-state index contributed by atoms with van der Waals surface area (Å²) in [4.78, 5) is 25.5. The van der Waals surface area contributed by atoms with Crippen LogP contribution >= 0.6 is 0 Å². The van der Waals surface area contributed by atoms with Crippen LogP contribution in [0.4, 0.5) is 4.39 Å². The van der Waals surface area contributed by atoms with Gasteiger partial charge >= 0.3 is 0 Å². The summed E-state index contributed by atoms with van der Waals surface area (Å²) in [6.07, 6.45) is 0.809. The molecule has 0 unspecified atom stereocenters. The fourth-order valence-electron chi connectivity index (χ4n) is 4.36. The largest absolute Gasteiger partial charge is 0.497 e. The van der Waals surface area contributed by atoms with Crippen LogP contribution in [0.15, 0.2) is 53.7 Å². The Hall–Kier alpha value is -3.15. The fourth-order valence-corrected chi connectivity index (χ4v) is 4.36. The number of allylic oxidation sites excluding steroid dienone is 2. The minimum absolute atomic E-state index is 0.0681. The first kappa shape index (κ1) is 19.2.